The molecule has 0 saturated carbocycles. The summed E-state index contributed by atoms with van der Waals surface area (Å²) in [6, 6.07) is 9.57. The molecule has 0 unspecified atom stereocenters. The number of carbonyl (C=O) groups is 2. The fraction of sp³-hybridized carbons (Fsp3) is 0.222. The van der Waals surface area contributed by atoms with E-state index in [1.54, 1.807) is 18.2 Å². The van der Waals surface area contributed by atoms with Crippen LogP contribution in [-0.2, 0) is 9.53 Å². The van der Waals surface area contributed by atoms with E-state index >= 15 is 0 Å². The molecule has 2 aromatic carbocycles. The predicted octanol–water partition coefficient (Wildman–Crippen LogP) is 2.69. The summed E-state index contributed by atoms with van der Waals surface area (Å²) in [5, 5.41) is 3.10. The highest BCUT2D eigenvalue weighted by Crippen LogP contribution is 2.34. The summed E-state index contributed by atoms with van der Waals surface area (Å²) in [4.78, 5) is 24.1. The Morgan fingerprint density at radius 3 is 2.81 bits per heavy atom. The Kier molecular flexibility index (Phi) is 5.18. The molecule has 0 aromatic heterocycles. The van der Waals surface area contributed by atoms with E-state index in [1.165, 1.54) is 12.1 Å². The molecule has 8 heteroatoms. The van der Waals surface area contributed by atoms with Crippen LogP contribution in [0.15, 0.2) is 36.4 Å². The van der Waals surface area contributed by atoms with Crippen LogP contribution in [0.1, 0.15) is 28.9 Å². The maximum atomic E-state index is 12.0. The van der Waals surface area contributed by atoms with Gasteiger partial charge < -0.3 is 25.3 Å². The normalized spacial score (nSPS) is 13.2. The molecule has 0 fully saturated rings. The fourth-order valence-corrected chi connectivity index (χ4v) is 2.64. The molecular weight excluding hydrogens is 360 g/mol. The van der Waals surface area contributed by atoms with Gasteiger partial charge in [0.05, 0.1) is 11.6 Å². The molecule has 0 aliphatic carbocycles. The molecular formula is C18H17ClN2O5. The van der Waals surface area contributed by atoms with Gasteiger partial charge in [0.25, 0.3) is 5.91 Å². The van der Waals surface area contributed by atoms with Crippen LogP contribution in [0.25, 0.3) is 0 Å². The van der Waals surface area contributed by atoms with E-state index in [4.69, 9.17) is 31.5 Å². The Morgan fingerprint density at radius 2 is 2.00 bits per heavy atom. The zero-order valence-corrected chi connectivity index (χ0v) is 14.7. The highest BCUT2D eigenvalue weighted by atomic mass is 35.5. The summed E-state index contributed by atoms with van der Waals surface area (Å²) < 4.78 is 15.6. The van der Waals surface area contributed by atoms with Gasteiger partial charge in [0.15, 0.2) is 18.1 Å². The summed E-state index contributed by atoms with van der Waals surface area (Å²) in [5.41, 5.74) is 6.91. The summed E-state index contributed by atoms with van der Waals surface area (Å²) in [6.07, 6.45) is 0. The van der Waals surface area contributed by atoms with Crippen molar-refractivity contribution in [1.82, 2.24) is 5.32 Å². The third-order valence-corrected chi connectivity index (χ3v) is 4.08. The Labute approximate surface area is 155 Å². The van der Waals surface area contributed by atoms with Crippen molar-refractivity contribution in [3.05, 3.63) is 52.5 Å². The number of hydrogen-bond donors (Lipinski definition) is 2. The Balaban J connectivity index is 1.55. The second-order valence-electron chi connectivity index (χ2n) is 5.71. The Bertz CT molecular complexity index is 855. The van der Waals surface area contributed by atoms with E-state index in [1.807, 2.05) is 13.0 Å². The van der Waals surface area contributed by atoms with Crippen LogP contribution in [0, 0.1) is 0 Å². The van der Waals surface area contributed by atoms with Crippen LogP contribution in [0.5, 0.6) is 11.5 Å². The van der Waals surface area contributed by atoms with Crippen molar-refractivity contribution >= 4 is 29.2 Å². The molecule has 1 aliphatic rings. The van der Waals surface area contributed by atoms with Gasteiger partial charge in [-0.05, 0) is 42.8 Å². The lowest BCUT2D eigenvalue weighted by Crippen LogP contribution is -2.31. The predicted molar refractivity (Wildman–Crippen MR) is 95.3 cm³/mol. The molecule has 1 aliphatic heterocycles. The third-order valence-electron chi connectivity index (χ3n) is 3.84. The Hall–Kier alpha value is -2.93. The summed E-state index contributed by atoms with van der Waals surface area (Å²) in [7, 11) is 0. The zero-order valence-electron chi connectivity index (χ0n) is 14.0. The molecule has 0 saturated heterocycles. The standard InChI is InChI=1S/C18H17ClN2O5/c1-10(11-2-5-15-16(6-11)26-9-25-15)21-17(22)8-24-18(23)13-7-12(19)3-4-14(13)20/h2-7,10H,8-9,20H2,1H3,(H,21,22)/t10-/m1/s1. The maximum absolute atomic E-state index is 12.0. The lowest BCUT2D eigenvalue weighted by atomic mass is 10.1. The van der Waals surface area contributed by atoms with Gasteiger partial charge in [-0.2, -0.15) is 0 Å². The minimum Gasteiger partial charge on any atom is -0.454 e. The smallest absolute Gasteiger partial charge is 0.340 e. The number of carbonyl (C=O) groups excluding carboxylic acids is 2. The highest BCUT2D eigenvalue weighted by Gasteiger charge is 2.18. The first kappa shape index (κ1) is 17.9. The van der Waals surface area contributed by atoms with Gasteiger partial charge in [0.1, 0.15) is 0 Å². The molecule has 2 aromatic rings. The quantitative estimate of drug-likeness (QED) is 0.614. The summed E-state index contributed by atoms with van der Waals surface area (Å²) in [6.45, 7) is 1.56. The fourth-order valence-electron chi connectivity index (χ4n) is 2.46. The van der Waals surface area contributed by atoms with Crippen LogP contribution in [0.4, 0.5) is 5.69 Å². The number of hydrogen-bond acceptors (Lipinski definition) is 6. The van der Waals surface area contributed by atoms with Gasteiger partial charge in [-0.3, -0.25) is 4.79 Å². The van der Waals surface area contributed by atoms with Crippen LogP contribution in [0.3, 0.4) is 0 Å². The van der Waals surface area contributed by atoms with Gasteiger partial charge in [0.2, 0.25) is 6.79 Å². The number of nitrogens with two attached hydrogens (primary N) is 1. The monoisotopic (exact) mass is 376 g/mol. The van der Waals surface area contributed by atoms with Crippen LogP contribution in [-0.4, -0.2) is 25.3 Å². The number of anilines is 1. The van der Waals surface area contributed by atoms with Crippen molar-refractivity contribution in [1.29, 1.82) is 0 Å². The van der Waals surface area contributed by atoms with E-state index in [0.717, 1.165) is 5.56 Å². The second-order valence-corrected chi connectivity index (χ2v) is 6.15. The number of esters is 1. The van der Waals surface area contributed by atoms with E-state index < -0.39 is 18.5 Å². The summed E-state index contributed by atoms with van der Waals surface area (Å²) >= 11 is 5.84. The van der Waals surface area contributed by atoms with E-state index in [2.05, 4.69) is 5.32 Å². The molecule has 3 rings (SSSR count). The van der Waals surface area contributed by atoms with Gasteiger partial charge in [-0.15, -0.1) is 0 Å². The highest BCUT2D eigenvalue weighted by molar-refractivity contribution is 6.31. The van der Waals surface area contributed by atoms with Crippen LogP contribution < -0.4 is 20.5 Å². The van der Waals surface area contributed by atoms with Gasteiger partial charge >= 0.3 is 5.97 Å². The molecule has 1 amide bonds. The molecule has 3 N–H and O–H groups in total. The number of benzene rings is 2. The molecule has 0 bridgehead atoms. The van der Waals surface area contributed by atoms with Gasteiger partial charge in [-0.1, -0.05) is 17.7 Å². The average Bonchev–Trinajstić information content (AvgIpc) is 3.09. The first-order valence-corrected chi connectivity index (χ1v) is 8.23. The number of halogens is 1. The lowest BCUT2D eigenvalue weighted by molar-refractivity contribution is -0.124. The van der Waals surface area contributed by atoms with Crippen molar-refractivity contribution < 1.29 is 23.8 Å². The van der Waals surface area contributed by atoms with Gasteiger partial charge in [0, 0.05) is 10.7 Å². The number of amides is 1. The molecule has 136 valence electrons. The maximum Gasteiger partial charge on any atom is 0.340 e. The minimum atomic E-state index is -0.712. The van der Waals surface area contributed by atoms with E-state index in [-0.39, 0.29) is 24.1 Å². The van der Waals surface area contributed by atoms with Crippen molar-refractivity contribution in [2.45, 2.75) is 13.0 Å². The molecule has 26 heavy (non-hydrogen) atoms. The number of nitrogen functional groups attached to an aromatic ring is 1. The van der Waals surface area contributed by atoms with Crippen LogP contribution in [0.2, 0.25) is 5.02 Å². The first-order valence-electron chi connectivity index (χ1n) is 7.85. The second kappa shape index (κ2) is 7.53. The number of nitrogens with one attached hydrogen (secondary N) is 1. The number of fused-ring (bicyclic) bond motifs is 1. The van der Waals surface area contributed by atoms with E-state index in [9.17, 15) is 9.59 Å². The zero-order chi connectivity index (χ0) is 18.7. The van der Waals surface area contributed by atoms with Crippen LogP contribution >= 0.6 is 11.6 Å². The lowest BCUT2D eigenvalue weighted by Gasteiger charge is -2.15. The van der Waals surface area contributed by atoms with Crippen molar-refractivity contribution in [2.24, 2.45) is 0 Å². The van der Waals surface area contributed by atoms with E-state index in [0.29, 0.717) is 16.5 Å². The van der Waals surface area contributed by atoms with Crippen molar-refractivity contribution in [3.63, 3.8) is 0 Å². The molecule has 0 radical (unpaired) electrons. The Morgan fingerprint density at radius 1 is 1.23 bits per heavy atom. The average molecular weight is 377 g/mol. The molecule has 0 spiro atoms. The van der Waals surface area contributed by atoms with Crippen molar-refractivity contribution in [3.8, 4) is 11.5 Å². The summed E-state index contributed by atoms with van der Waals surface area (Å²) in [5.74, 6) is 0.145. The number of rotatable bonds is 5. The van der Waals surface area contributed by atoms with Gasteiger partial charge in [-0.25, -0.2) is 4.79 Å². The first-order chi connectivity index (χ1) is 12.4. The molecule has 7 nitrogen and oxygen atoms in total. The largest absolute Gasteiger partial charge is 0.454 e. The topological polar surface area (TPSA) is 99.9 Å². The molecule has 1 heterocycles. The minimum absolute atomic E-state index is 0.120. The van der Waals surface area contributed by atoms with Crippen molar-refractivity contribution in [2.75, 3.05) is 19.1 Å². The molecule has 1 atom stereocenters. The third kappa shape index (κ3) is 4.00. The number of ether oxygens (including phenoxy) is 3. The SMILES string of the molecule is C[C@@H](NC(=O)COC(=O)c1cc(Cl)ccc1N)c1ccc2c(c1)OCO2.